The number of hydrogen-bond donors (Lipinski definition) is 1. The Kier molecular flexibility index (Phi) is 5.33. The van der Waals surface area contributed by atoms with Gasteiger partial charge in [0.05, 0.1) is 13.1 Å². The number of thiophene rings is 1. The zero-order valence-electron chi connectivity index (χ0n) is 13.7. The predicted molar refractivity (Wildman–Crippen MR) is 91.2 cm³/mol. The molecular formula is C17H25N3O2S. The molecule has 2 atom stereocenters. The number of hydrogen-bond acceptors (Lipinski definition) is 4. The summed E-state index contributed by atoms with van der Waals surface area (Å²) in [4.78, 5) is 29.5. The fourth-order valence-corrected chi connectivity index (χ4v) is 4.55. The van der Waals surface area contributed by atoms with Gasteiger partial charge in [-0.05, 0) is 43.7 Å². The largest absolute Gasteiger partial charge is 0.350 e. The van der Waals surface area contributed by atoms with E-state index in [1.165, 1.54) is 4.88 Å². The summed E-state index contributed by atoms with van der Waals surface area (Å²) in [5, 5.41) is 5.03. The molecule has 0 unspecified atom stereocenters. The van der Waals surface area contributed by atoms with Crippen LogP contribution >= 0.6 is 11.3 Å². The van der Waals surface area contributed by atoms with Crippen molar-refractivity contribution in [2.45, 2.75) is 51.2 Å². The highest BCUT2D eigenvalue weighted by Crippen LogP contribution is 2.29. The third-order valence-corrected chi connectivity index (χ3v) is 5.83. The van der Waals surface area contributed by atoms with E-state index in [1.807, 2.05) is 22.4 Å². The fourth-order valence-electron chi connectivity index (χ4n) is 3.91. The van der Waals surface area contributed by atoms with Gasteiger partial charge >= 0.3 is 0 Å². The first-order chi connectivity index (χ1) is 11.1. The van der Waals surface area contributed by atoms with E-state index in [0.717, 1.165) is 38.8 Å². The van der Waals surface area contributed by atoms with Crippen LogP contribution in [0.3, 0.4) is 0 Å². The van der Waals surface area contributed by atoms with Gasteiger partial charge in [0.25, 0.3) is 0 Å². The topological polar surface area (TPSA) is 52.7 Å². The highest BCUT2D eigenvalue weighted by Gasteiger charge is 2.39. The molecule has 2 amide bonds. The Morgan fingerprint density at radius 2 is 2.04 bits per heavy atom. The summed E-state index contributed by atoms with van der Waals surface area (Å²) < 4.78 is 0. The Hall–Kier alpha value is -1.40. The Bertz CT molecular complexity index is 546. The zero-order chi connectivity index (χ0) is 16.2. The molecule has 2 aliphatic rings. The van der Waals surface area contributed by atoms with E-state index < -0.39 is 0 Å². The van der Waals surface area contributed by atoms with Gasteiger partial charge in [0.15, 0.2) is 0 Å². The van der Waals surface area contributed by atoms with Gasteiger partial charge in [-0.15, -0.1) is 11.3 Å². The molecular weight excluding hydrogens is 310 g/mol. The van der Waals surface area contributed by atoms with Crippen molar-refractivity contribution in [1.82, 2.24) is 15.1 Å². The quantitative estimate of drug-likeness (QED) is 0.893. The van der Waals surface area contributed by atoms with E-state index in [9.17, 15) is 9.59 Å². The molecule has 0 radical (unpaired) electrons. The van der Waals surface area contributed by atoms with Crippen molar-refractivity contribution in [2.24, 2.45) is 0 Å². The van der Waals surface area contributed by atoms with Crippen LogP contribution in [0, 0.1) is 0 Å². The molecule has 0 spiro atoms. The lowest BCUT2D eigenvalue weighted by Gasteiger charge is -2.34. The number of carbonyl (C=O) groups is 2. The van der Waals surface area contributed by atoms with E-state index in [1.54, 1.807) is 18.3 Å². The first-order valence-corrected chi connectivity index (χ1v) is 9.33. The minimum atomic E-state index is 0.0812. The highest BCUT2D eigenvalue weighted by atomic mass is 32.1. The number of likely N-dealkylation sites (tertiary alicyclic amines) is 2. The van der Waals surface area contributed by atoms with Crippen molar-refractivity contribution in [2.75, 3.05) is 19.6 Å². The molecule has 0 aliphatic carbocycles. The van der Waals surface area contributed by atoms with Gasteiger partial charge in [-0.2, -0.15) is 0 Å². The average molecular weight is 335 g/mol. The molecule has 23 heavy (non-hydrogen) atoms. The molecule has 2 aliphatic heterocycles. The van der Waals surface area contributed by atoms with E-state index in [-0.39, 0.29) is 11.8 Å². The molecule has 0 aromatic carbocycles. The molecule has 1 aromatic heterocycles. The third-order valence-electron chi connectivity index (χ3n) is 4.95. The summed E-state index contributed by atoms with van der Waals surface area (Å²) >= 11 is 1.66. The third kappa shape index (κ3) is 3.93. The second-order valence-electron chi connectivity index (χ2n) is 6.46. The number of carbonyl (C=O) groups excluding carboxylic acids is 2. The van der Waals surface area contributed by atoms with Crippen molar-refractivity contribution < 1.29 is 9.59 Å². The van der Waals surface area contributed by atoms with Crippen LogP contribution < -0.4 is 5.32 Å². The normalized spacial score (nSPS) is 25.0. The fraction of sp³-hybridized carbons (Fsp3) is 0.647. The van der Waals surface area contributed by atoms with E-state index in [2.05, 4.69) is 10.2 Å². The molecule has 2 fully saturated rings. The van der Waals surface area contributed by atoms with Crippen LogP contribution in [-0.4, -0.2) is 53.3 Å². The van der Waals surface area contributed by atoms with Crippen LogP contribution in [0.2, 0.25) is 0 Å². The number of amides is 2. The monoisotopic (exact) mass is 335 g/mol. The molecule has 1 aromatic rings. The molecule has 3 rings (SSSR count). The van der Waals surface area contributed by atoms with Gasteiger partial charge in [0.1, 0.15) is 0 Å². The molecule has 6 heteroatoms. The van der Waals surface area contributed by atoms with E-state index >= 15 is 0 Å². The smallest absolute Gasteiger partial charge is 0.234 e. The summed E-state index contributed by atoms with van der Waals surface area (Å²) in [6.07, 6.45) is 4.36. The summed E-state index contributed by atoms with van der Waals surface area (Å²) in [5.74, 6) is 0.249. The molecule has 0 bridgehead atoms. The maximum Gasteiger partial charge on any atom is 0.234 e. The lowest BCUT2D eigenvalue weighted by molar-refractivity contribution is -0.130. The van der Waals surface area contributed by atoms with Crippen molar-refractivity contribution >= 4 is 23.2 Å². The first kappa shape index (κ1) is 16.5. The number of nitrogens with one attached hydrogen (secondary N) is 1. The van der Waals surface area contributed by atoms with Gasteiger partial charge in [0.2, 0.25) is 11.8 Å². The van der Waals surface area contributed by atoms with Crippen LogP contribution in [0.5, 0.6) is 0 Å². The minimum absolute atomic E-state index is 0.0812. The number of rotatable bonds is 5. The summed E-state index contributed by atoms with van der Waals surface area (Å²) in [7, 11) is 0. The van der Waals surface area contributed by atoms with Crippen molar-refractivity contribution in [3.63, 3.8) is 0 Å². The van der Waals surface area contributed by atoms with Gasteiger partial charge in [0, 0.05) is 30.4 Å². The molecule has 5 nitrogen and oxygen atoms in total. The Balaban J connectivity index is 1.54. The zero-order valence-corrected chi connectivity index (χ0v) is 14.5. The summed E-state index contributed by atoms with van der Waals surface area (Å²) in [5.41, 5.74) is 0. The first-order valence-electron chi connectivity index (χ1n) is 8.45. The van der Waals surface area contributed by atoms with Crippen LogP contribution in [0.4, 0.5) is 0 Å². The maximum absolute atomic E-state index is 12.2. The molecule has 1 N–H and O–H groups in total. The summed E-state index contributed by atoms with van der Waals surface area (Å²) in [6, 6.07) is 4.67. The van der Waals surface area contributed by atoms with E-state index in [0.29, 0.717) is 25.2 Å². The highest BCUT2D eigenvalue weighted by molar-refractivity contribution is 7.09. The Morgan fingerprint density at radius 3 is 2.78 bits per heavy atom. The Morgan fingerprint density at radius 1 is 1.26 bits per heavy atom. The van der Waals surface area contributed by atoms with Crippen molar-refractivity contribution in [1.29, 1.82) is 0 Å². The summed E-state index contributed by atoms with van der Waals surface area (Å²) in [6.45, 7) is 4.54. The van der Waals surface area contributed by atoms with Gasteiger partial charge < -0.3 is 10.2 Å². The van der Waals surface area contributed by atoms with Gasteiger partial charge in [-0.1, -0.05) is 6.07 Å². The van der Waals surface area contributed by atoms with Gasteiger partial charge in [-0.25, -0.2) is 0 Å². The average Bonchev–Trinajstić information content (AvgIpc) is 3.25. The lowest BCUT2D eigenvalue weighted by atomic mass is 10.0. The minimum Gasteiger partial charge on any atom is -0.350 e. The molecule has 3 heterocycles. The second kappa shape index (κ2) is 7.45. The maximum atomic E-state index is 12.2. The van der Waals surface area contributed by atoms with Crippen LogP contribution in [-0.2, 0) is 16.1 Å². The lowest BCUT2D eigenvalue weighted by Crippen LogP contribution is -2.50. The van der Waals surface area contributed by atoms with E-state index in [4.69, 9.17) is 0 Å². The Labute approximate surface area is 141 Å². The molecule has 2 saturated heterocycles. The van der Waals surface area contributed by atoms with Crippen LogP contribution in [0.15, 0.2) is 17.5 Å². The van der Waals surface area contributed by atoms with Crippen LogP contribution in [0.1, 0.15) is 37.5 Å². The molecule has 0 saturated carbocycles. The standard InChI is InChI=1S/C17H25N3O2S/c1-13(21)20-9-3-7-16(20)15-6-2-8-19(15)12-17(22)18-11-14-5-4-10-23-14/h4-5,10,15-16H,2-3,6-9,11-12H2,1H3,(H,18,22)/t15-,16-/m1/s1. The van der Waals surface area contributed by atoms with Crippen molar-refractivity contribution in [3.05, 3.63) is 22.4 Å². The predicted octanol–water partition coefficient (Wildman–Crippen LogP) is 1.84. The second-order valence-corrected chi connectivity index (χ2v) is 7.49. The van der Waals surface area contributed by atoms with Crippen LogP contribution in [0.25, 0.3) is 0 Å². The number of nitrogens with zero attached hydrogens (tertiary/aromatic N) is 2. The molecule has 126 valence electrons. The van der Waals surface area contributed by atoms with Crippen molar-refractivity contribution in [3.8, 4) is 0 Å². The van der Waals surface area contributed by atoms with Gasteiger partial charge in [-0.3, -0.25) is 14.5 Å². The SMILES string of the molecule is CC(=O)N1CCC[C@@H]1[C@H]1CCCN1CC(=O)NCc1cccs1.